The third-order valence-corrected chi connectivity index (χ3v) is 7.76. The summed E-state index contributed by atoms with van der Waals surface area (Å²) >= 11 is 1.50. The Morgan fingerprint density at radius 3 is 2.69 bits per heavy atom. The van der Waals surface area contributed by atoms with Gasteiger partial charge < -0.3 is 4.90 Å². The molecule has 2 atom stereocenters. The first-order valence-electron chi connectivity index (χ1n) is 8.60. The molecule has 8 heteroatoms. The van der Waals surface area contributed by atoms with Crippen molar-refractivity contribution in [3.63, 3.8) is 0 Å². The normalized spacial score (nSPS) is 25.7. The molecule has 1 saturated heterocycles. The van der Waals surface area contributed by atoms with Gasteiger partial charge >= 0.3 is 0 Å². The van der Waals surface area contributed by atoms with E-state index in [9.17, 15) is 13.2 Å². The Morgan fingerprint density at radius 2 is 1.96 bits per heavy atom. The van der Waals surface area contributed by atoms with Crippen LogP contribution in [0.25, 0.3) is 0 Å². The van der Waals surface area contributed by atoms with Crippen LogP contribution in [0.4, 0.5) is 0 Å². The summed E-state index contributed by atoms with van der Waals surface area (Å²) in [6, 6.07) is 10.9. The van der Waals surface area contributed by atoms with Gasteiger partial charge in [-0.3, -0.25) is 4.79 Å². The summed E-state index contributed by atoms with van der Waals surface area (Å²) in [5, 5.41) is 1.92. The number of nitrogens with one attached hydrogen (secondary N) is 1. The SMILES string of the molecule is CN1[C@H](C(=O)N2CCc3ccccc3C2)C[C@@H](c2cccs2)NS1(=O)=O. The van der Waals surface area contributed by atoms with Gasteiger partial charge in [-0.15, -0.1) is 11.3 Å². The van der Waals surface area contributed by atoms with E-state index in [1.807, 2.05) is 35.7 Å². The number of carbonyl (C=O) groups excluding carboxylic acids is 1. The van der Waals surface area contributed by atoms with Crippen molar-refractivity contribution in [2.45, 2.75) is 31.5 Å². The van der Waals surface area contributed by atoms with E-state index in [4.69, 9.17) is 0 Å². The van der Waals surface area contributed by atoms with Gasteiger partial charge in [-0.1, -0.05) is 30.3 Å². The Morgan fingerprint density at radius 1 is 1.19 bits per heavy atom. The first-order valence-corrected chi connectivity index (χ1v) is 10.9. The van der Waals surface area contributed by atoms with Crippen molar-refractivity contribution in [2.75, 3.05) is 13.6 Å². The molecule has 1 aromatic carbocycles. The second-order valence-electron chi connectivity index (χ2n) is 6.74. The zero-order chi connectivity index (χ0) is 18.3. The Hall–Kier alpha value is -1.74. The third kappa shape index (κ3) is 3.18. The molecular formula is C18H21N3O3S2. The van der Waals surface area contributed by atoms with E-state index in [0.29, 0.717) is 19.5 Å². The predicted molar refractivity (Wildman–Crippen MR) is 101 cm³/mol. The number of amides is 1. The Balaban J connectivity index is 1.58. The molecule has 2 aliphatic rings. The minimum absolute atomic E-state index is 0.117. The highest BCUT2D eigenvalue weighted by Crippen LogP contribution is 2.32. The maximum absolute atomic E-state index is 13.2. The molecular weight excluding hydrogens is 370 g/mol. The summed E-state index contributed by atoms with van der Waals surface area (Å²) in [6.07, 6.45) is 1.24. The van der Waals surface area contributed by atoms with Crippen LogP contribution < -0.4 is 4.72 Å². The van der Waals surface area contributed by atoms with Crippen LogP contribution in [-0.2, 0) is 28.0 Å². The molecule has 3 heterocycles. The van der Waals surface area contributed by atoms with E-state index in [-0.39, 0.29) is 11.9 Å². The van der Waals surface area contributed by atoms with Gasteiger partial charge in [-0.05, 0) is 35.4 Å². The Bertz CT molecular complexity index is 912. The number of nitrogens with zero attached hydrogens (tertiary/aromatic N) is 2. The molecule has 2 aliphatic heterocycles. The molecule has 4 rings (SSSR count). The highest BCUT2D eigenvalue weighted by Gasteiger charge is 2.42. The fraction of sp³-hybridized carbons (Fsp3) is 0.389. The summed E-state index contributed by atoms with van der Waals surface area (Å²) in [4.78, 5) is 15.9. The molecule has 1 fully saturated rings. The van der Waals surface area contributed by atoms with E-state index in [2.05, 4.69) is 10.8 Å². The lowest BCUT2D eigenvalue weighted by atomic mass is 9.98. The maximum atomic E-state index is 13.2. The van der Waals surface area contributed by atoms with Gasteiger partial charge in [0.2, 0.25) is 5.91 Å². The van der Waals surface area contributed by atoms with Crippen LogP contribution in [0, 0.1) is 0 Å². The molecule has 138 valence electrons. The van der Waals surface area contributed by atoms with Gasteiger partial charge in [0.05, 0.1) is 6.04 Å². The number of rotatable bonds is 2. The summed E-state index contributed by atoms with van der Waals surface area (Å²) in [7, 11) is -2.21. The average Bonchev–Trinajstić information content (AvgIpc) is 3.17. The zero-order valence-corrected chi connectivity index (χ0v) is 16.1. The van der Waals surface area contributed by atoms with Gasteiger partial charge in [0.15, 0.2) is 0 Å². The molecule has 0 bridgehead atoms. The molecule has 2 aromatic rings. The topological polar surface area (TPSA) is 69.7 Å². The van der Waals surface area contributed by atoms with Gasteiger partial charge in [0, 0.05) is 25.0 Å². The zero-order valence-electron chi connectivity index (χ0n) is 14.5. The fourth-order valence-electron chi connectivity index (χ4n) is 3.66. The van der Waals surface area contributed by atoms with Crippen molar-refractivity contribution in [1.29, 1.82) is 0 Å². The minimum Gasteiger partial charge on any atom is -0.337 e. The first kappa shape index (κ1) is 17.7. The van der Waals surface area contributed by atoms with E-state index in [0.717, 1.165) is 16.9 Å². The number of fused-ring (bicyclic) bond motifs is 1. The van der Waals surface area contributed by atoms with Gasteiger partial charge in [-0.2, -0.15) is 17.4 Å². The van der Waals surface area contributed by atoms with E-state index in [1.165, 1.54) is 28.3 Å². The molecule has 26 heavy (non-hydrogen) atoms. The van der Waals surface area contributed by atoms with Gasteiger partial charge in [0.25, 0.3) is 10.2 Å². The van der Waals surface area contributed by atoms with E-state index >= 15 is 0 Å². The second kappa shape index (κ2) is 6.77. The number of hydrogen-bond donors (Lipinski definition) is 1. The lowest BCUT2D eigenvalue weighted by molar-refractivity contribution is -0.136. The van der Waals surface area contributed by atoms with Crippen LogP contribution >= 0.6 is 11.3 Å². The van der Waals surface area contributed by atoms with Crippen molar-refractivity contribution < 1.29 is 13.2 Å². The lowest BCUT2D eigenvalue weighted by Crippen LogP contribution is -2.58. The van der Waals surface area contributed by atoms with Crippen LogP contribution in [0.1, 0.15) is 28.5 Å². The number of benzene rings is 1. The highest BCUT2D eigenvalue weighted by molar-refractivity contribution is 7.87. The van der Waals surface area contributed by atoms with E-state index in [1.54, 1.807) is 4.90 Å². The Labute approximate surface area is 157 Å². The standard InChI is InChI=1S/C18H21N3O3S2/c1-20-16(11-15(19-26(20,23)24)17-7-4-10-25-17)18(22)21-9-8-13-5-2-3-6-14(13)12-21/h2-7,10,15-16,19H,8-9,11-12H2,1H3/t15-,16-/m0/s1. The number of carbonyl (C=O) groups is 1. The third-order valence-electron chi connectivity index (χ3n) is 5.18. The minimum atomic E-state index is -3.69. The van der Waals surface area contributed by atoms with Gasteiger partial charge in [0.1, 0.15) is 6.04 Å². The first-order chi connectivity index (χ1) is 12.5. The van der Waals surface area contributed by atoms with Crippen LogP contribution in [0.2, 0.25) is 0 Å². The van der Waals surface area contributed by atoms with Crippen LogP contribution in [0.3, 0.4) is 0 Å². The van der Waals surface area contributed by atoms with E-state index < -0.39 is 16.3 Å². The molecule has 0 saturated carbocycles. The summed E-state index contributed by atoms with van der Waals surface area (Å²) in [5.41, 5.74) is 2.40. The monoisotopic (exact) mass is 391 g/mol. The predicted octanol–water partition coefficient (Wildman–Crippen LogP) is 1.91. The van der Waals surface area contributed by atoms with Crippen molar-refractivity contribution >= 4 is 27.5 Å². The molecule has 0 unspecified atom stereocenters. The molecule has 1 N–H and O–H groups in total. The summed E-state index contributed by atoms with van der Waals surface area (Å²) in [5.74, 6) is -0.117. The van der Waals surface area contributed by atoms with Crippen molar-refractivity contribution in [3.8, 4) is 0 Å². The molecule has 1 amide bonds. The van der Waals surface area contributed by atoms with Gasteiger partial charge in [-0.25, -0.2) is 0 Å². The number of thiophene rings is 1. The summed E-state index contributed by atoms with van der Waals surface area (Å²) < 4.78 is 28.9. The molecule has 6 nitrogen and oxygen atoms in total. The van der Waals surface area contributed by atoms with Crippen LogP contribution in [-0.4, -0.2) is 43.2 Å². The largest absolute Gasteiger partial charge is 0.337 e. The molecule has 1 aromatic heterocycles. The smallest absolute Gasteiger partial charge is 0.280 e. The van der Waals surface area contributed by atoms with Crippen LogP contribution in [0.5, 0.6) is 0 Å². The van der Waals surface area contributed by atoms with Crippen LogP contribution in [0.15, 0.2) is 41.8 Å². The molecule has 0 radical (unpaired) electrons. The van der Waals surface area contributed by atoms with Crippen molar-refractivity contribution in [1.82, 2.24) is 13.9 Å². The Kier molecular flexibility index (Phi) is 4.60. The number of hydrogen-bond acceptors (Lipinski definition) is 4. The molecule has 0 aliphatic carbocycles. The lowest BCUT2D eigenvalue weighted by Gasteiger charge is -2.39. The maximum Gasteiger partial charge on any atom is 0.280 e. The highest BCUT2D eigenvalue weighted by atomic mass is 32.2. The quantitative estimate of drug-likeness (QED) is 0.850. The summed E-state index contributed by atoms with van der Waals surface area (Å²) in [6.45, 7) is 1.16. The number of likely N-dealkylation sites (N-methyl/N-ethyl adjacent to an activating group) is 1. The molecule has 0 spiro atoms. The average molecular weight is 392 g/mol. The van der Waals surface area contributed by atoms with Crippen molar-refractivity contribution in [3.05, 3.63) is 57.8 Å². The van der Waals surface area contributed by atoms with Crippen molar-refractivity contribution in [2.24, 2.45) is 0 Å². The second-order valence-corrected chi connectivity index (χ2v) is 9.48. The fourth-order valence-corrected chi connectivity index (χ4v) is 5.79.